The summed E-state index contributed by atoms with van der Waals surface area (Å²) in [6.45, 7) is 13.8. The molecular formula is C55H94N2. The Labute approximate surface area is 356 Å². The van der Waals surface area contributed by atoms with Crippen molar-refractivity contribution >= 4 is 22.8 Å². The summed E-state index contributed by atoms with van der Waals surface area (Å²) >= 11 is 0. The molecule has 324 valence electrons. The van der Waals surface area contributed by atoms with Gasteiger partial charge in [0.15, 0.2) is 0 Å². The molecule has 0 N–H and O–H groups in total. The summed E-state index contributed by atoms with van der Waals surface area (Å²) in [5.74, 6) is 0. The topological polar surface area (TPSA) is 24.7 Å². The molecule has 2 nitrogen and oxygen atoms in total. The van der Waals surface area contributed by atoms with E-state index in [-0.39, 0.29) is 0 Å². The maximum atomic E-state index is 5.59. The summed E-state index contributed by atoms with van der Waals surface area (Å²) in [4.78, 5) is 11.2. The summed E-state index contributed by atoms with van der Waals surface area (Å²) in [5, 5.41) is 0. The first-order valence-electron chi connectivity index (χ1n) is 25.5. The van der Waals surface area contributed by atoms with Gasteiger partial charge >= 0.3 is 0 Å². The number of aliphatic imine (C=N–C) groups is 2. The largest absolute Gasteiger partial charge is 0.252 e. The van der Waals surface area contributed by atoms with Gasteiger partial charge in [-0.3, -0.25) is 9.98 Å². The van der Waals surface area contributed by atoms with Gasteiger partial charge in [0.05, 0.1) is 22.8 Å². The third kappa shape index (κ3) is 25.8. The second-order valence-corrected chi connectivity index (χ2v) is 17.8. The number of hydrogen-bond acceptors (Lipinski definition) is 2. The van der Waals surface area contributed by atoms with Crippen molar-refractivity contribution in [1.82, 2.24) is 0 Å². The number of benzene rings is 2. The monoisotopic (exact) mass is 783 g/mol. The zero-order chi connectivity index (χ0) is 41.0. The predicted octanol–water partition coefficient (Wildman–Crippen LogP) is 18.9. The van der Waals surface area contributed by atoms with Crippen LogP contribution in [0.4, 0.5) is 11.4 Å². The summed E-state index contributed by atoms with van der Waals surface area (Å²) in [7, 11) is 0. The van der Waals surface area contributed by atoms with Crippen molar-refractivity contribution in [2.75, 3.05) is 0 Å². The Bertz CT molecular complexity index is 1250. The third-order valence-corrected chi connectivity index (χ3v) is 12.0. The quantitative estimate of drug-likeness (QED) is 0.0479. The van der Waals surface area contributed by atoms with Gasteiger partial charge in [-0.25, -0.2) is 0 Å². The molecule has 2 heteroatoms. The second kappa shape index (κ2) is 35.7. The molecule has 0 heterocycles. The molecule has 0 aromatic heterocycles. The van der Waals surface area contributed by atoms with Crippen molar-refractivity contribution in [3.8, 4) is 0 Å². The molecule has 0 spiro atoms. The Morgan fingerprint density at radius 1 is 0.281 bits per heavy atom. The van der Waals surface area contributed by atoms with E-state index >= 15 is 0 Å². The molecule has 0 aliphatic rings. The molecule has 2 aromatic rings. The molecule has 2 aromatic carbocycles. The van der Waals surface area contributed by atoms with Gasteiger partial charge in [0, 0.05) is 0 Å². The lowest BCUT2D eigenvalue weighted by Crippen LogP contribution is -2.14. The van der Waals surface area contributed by atoms with Gasteiger partial charge in [0.25, 0.3) is 0 Å². The maximum Gasteiger partial charge on any atom is 0.0639 e. The van der Waals surface area contributed by atoms with Gasteiger partial charge in [-0.2, -0.15) is 0 Å². The Morgan fingerprint density at radius 2 is 0.526 bits per heavy atom. The van der Waals surface area contributed by atoms with Crippen molar-refractivity contribution in [1.29, 1.82) is 0 Å². The first-order chi connectivity index (χ1) is 28.1. The number of rotatable bonds is 38. The van der Waals surface area contributed by atoms with Crippen LogP contribution in [0.15, 0.2) is 46.4 Å². The maximum absolute atomic E-state index is 5.59. The molecule has 0 fully saturated rings. The molecule has 0 atom stereocenters. The van der Waals surface area contributed by atoms with E-state index < -0.39 is 0 Å². The highest BCUT2D eigenvalue weighted by molar-refractivity contribution is 6.43. The summed E-state index contributed by atoms with van der Waals surface area (Å²) in [6, 6.07) is 14.5. The fraction of sp³-hybridized carbons (Fsp3) is 0.745. The summed E-state index contributed by atoms with van der Waals surface area (Å²) in [6.07, 6.45) is 45.7. The van der Waals surface area contributed by atoms with E-state index in [4.69, 9.17) is 9.98 Å². The lowest BCUT2D eigenvalue weighted by atomic mass is 9.98. The number of nitrogens with zero attached hydrogens (tertiary/aromatic N) is 2. The summed E-state index contributed by atoms with van der Waals surface area (Å²) < 4.78 is 0. The van der Waals surface area contributed by atoms with Crippen LogP contribution in [0.5, 0.6) is 0 Å². The molecule has 0 aliphatic heterocycles. The summed E-state index contributed by atoms with van der Waals surface area (Å²) in [5.41, 5.74) is 10.6. The predicted molar refractivity (Wildman–Crippen MR) is 259 cm³/mol. The second-order valence-electron chi connectivity index (χ2n) is 17.8. The molecule has 0 radical (unpaired) electrons. The van der Waals surface area contributed by atoms with Crippen LogP contribution >= 0.6 is 0 Å². The minimum atomic E-state index is 1.01. The Kier molecular flexibility index (Phi) is 31.9. The minimum absolute atomic E-state index is 1.01. The van der Waals surface area contributed by atoms with Crippen LogP contribution in [0, 0.1) is 0 Å². The molecule has 0 bridgehead atoms. The molecule has 0 aliphatic carbocycles. The van der Waals surface area contributed by atoms with Gasteiger partial charge in [-0.05, 0) is 124 Å². The van der Waals surface area contributed by atoms with E-state index in [9.17, 15) is 0 Å². The standard InChI is InChI=1S/C55H94N2/c1-7-13-19-20-21-22-23-24-25-26-27-28-29-30-31-32-33-34-35-41-55(57-53-46-50(38-16-10-4)43-51(47-53)39-17-11-5)54(40-18-12-6)56-52-44-48(36-14-8-2)42-49(45-52)37-15-9-3/h42-47H,7-41H2,1-6H3. The normalized spacial score (nSPS) is 12.2. The zero-order valence-electron chi connectivity index (χ0n) is 39.1. The first kappa shape index (κ1) is 50.9. The van der Waals surface area contributed by atoms with Crippen LogP contribution in [0.1, 0.15) is 263 Å². The first-order valence-corrected chi connectivity index (χ1v) is 25.5. The highest BCUT2D eigenvalue weighted by Crippen LogP contribution is 2.26. The van der Waals surface area contributed by atoms with E-state index in [0.717, 1.165) is 56.3 Å². The fourth-order valence-electron chi connectivity index (χ4n) is 8.27. The van der Waals surface area contributed by atoms with E-state index in [0.29, 0.717) is 0 Å². The highest BCUT2D eigenvalue weighted by Gasteiger charge is 2.13. The zero-order valence-corrected chi connectivity index (χ0v) is 39.1. The SMILES string of the molecule is CCCCCCCCCCCCCCCCCCCCCC(=Nc1cc(CCCC)cc(CCCC)c1)C(CCCC)=Nc1cc(CCCC)cc(CCCC)c1. The smallest absolute Gasteiger partial charge is 0.0639 e. The van der Waals surface area contributed by atoms with Crippen LogP contribution in [0.3, 0.4) is 0 Å². The van der Waals surface area contributed by atoms with Crippen molar-refractivity contribution < 1.29 is 0 Å². The Morgan fingerprint density at radius 3 is 0.807 bits per heavy atom. The van der Waals surface area contributed by atoms with Crippen molar-refractivity contribution in [2.24, 2.45) is 9.98 Å². The fourth-order valence-corrected chi connectivity index (χ4v) is 8.27. The molecule has 0 saturated heterocycles. The van der Waals surface area contributed by atoms with Gasteiger partial charge in [-0.15, -0.1) is 0 Å². The average Bonchev–Trinajstić information content (AvgIpc) is 3.22. The molecule has 57 heavy (non-hydrogen) atoms. The number of unbranched alkanes of at least 4 members (excludes halogenated alkanes) is 23. The van der Waals surface area contributed by atoms with Crippen LogP contribution in [-0.4, -0.2) is 11.4 Å². The van der Waals surface area contributed by atoms with Crippen molar-refractivity contribution in [2.45, 2.75) is 266 Å². The van der Waals surface area contributed by atoms with E-state index in [1.165, 1.54) is 213 Å². The number of hydrogen-bond donors (Lipinski definition) is 0. The minimum Gasteiger partial charge on any atom is -0.252 e. The van der Waals surface area contributed by atoms with Crippen molar-refractivity contribution in [3.63, 3.8) is 0 Å². The van der Waals surface area contributed by atoms with E-state index in [2.05, 4.69) is 77.9 Å². The lowest BCUT2D eigenvalue weighted by molar-refractivity contribution is 0.524. The Balaban J connectivity index is 2.10. The van der Waals surface area contributed by atoms with Crippen molar-refractivity contribution in [3.05, 3.63) is 58.7 Å². The molecular weight excluding hydrogens is 689 g/mol. The van der Waals surface area contributed by atoms with Crippen LogP contribution < -0.4 is 0 Å². The third-order valence-electron chi connectivity index (χ3n) is 12.0. The van der Waals surface area contributed by atoms with Crippen LogP contribution in [0.25, 0.3) is 0 Å². The van der Waals surface area contributed by atoms with Gasteiger partial charge in [-0.1, -0.05) is 201 Å². The van der Waals surface area contributed by atoms with E-state index in [1.54, 1.807) is 0 Å². The van der Waals surface area contributed by atoms with Gasteiger partial charge < -0.3 is 0 Å². The van der Waals surface area contributed by atoms with Crippen LogP contribution in [-0.2, 0) is 25.7 Å². The lowest BCUT2D eigenvalue weighted by Gasteiger charge is -2.14. The molecule has 2 rings (SSSR count). The number of aryl methyl sites for hydroxylation is 4. The molecule has 0 amide bonds. The Hall–Kier alpha value is -2.22. The average molecular weight is 783 g/mol. The molecule has 0 saturated carbocycles. The van der Waals surface area contributed by atoms with Gasteiger partial charge in [0.2, 0.25) is 0 Å². The highest BCUT2D eigenvalue weighted by atomic mass is 14.8. The van der Waals surface area contributed by atoms with E-state index in [1.807, 2.05) is 0 Å². The van der Waals surface area contributed by atoms with Gasteiger partial charge in [0.1, 0.15) is 0 Å². The van der Waals surface area contributed by atoms with Crippen LogP contribution in [0.2, 0.25) is 0 Å². The molecule has 0 unspecified atom stereocenters.